The third-order valence-corrected chi connectivity index (χ3v) is 4.16. The van der Waals surface area contributed by atoms with Crippen LogP contribution in [0.3, 0.4) is 0 Å². The highest BCUT2D eigenvalue weighted by Crippen LogP contribution is 2.26. The maximum Gasteiger partial charge on any atom is 0.220 e. The molecule has 0 spiro atoms. The summed E-state index contributed by atoms with van der Waals surface area (Å²) in [7, 11) is 1.64. The van der Waals surface area contributed by atoms with Crippen LogP contribution in [0.25, 0.3) is 0 Å². The van der Waals surface area contributed by atoms with Crippen molar-refractivity contribution in [2.45, 2.75) is 38.3 Å². The van der Waals surface area contributed by atoms with Crippen LogP contribution in [0.1, 0.15) is 31.2 Å². The van der Waals surface area contributed by atoms with Gasteiger partial charge in [-0.25, -0.2) is 0 Å². The van der Waals surface area contributed by atoms with Gasteiger partial charge in [-0.1, -0.05) is 24.6 Å². The van der Waals surface area contributed by atoms with E-state index in [2.05, 4.69) is 5.32 Å². The number of ether oxygens (including phenoxy) is 2. The molecule has 3 N–H and O–H groups in total. The van der Waals surface area contributed by atoms with Gasteiger partial charge in [-0.15, -0.1) is 12.4 Å². The Balaban J connectivity index is 0.00000264. The average molecular weight is 343 g/mol. The first-order valence-electron chi connectivity index (χ1n) is 7.92. The number of nitrogens with one attached hydrogen (secondary N) is 1. The number of hydrogen-bond donors (Lipinski definition) is 2. The number of para-hydroxylation sites is 1. The van der Waals surface area contributed by atoms with E-state index in [1.54, 1.807) is 7.11 Å². The molecule has 1 aliphatic carbocycles. The van der Waals surface area contributed by atoms with Crippen LogP contribution in [0, 0.1) is 5.92 Å². The number of rotatable bonds is 8. The first-order valence-corrected chi connectivity index (χ1v) is 7.92. The molecule has 1 aromatic rings. The molecule has 0 aliphatic heterocycles. The van der Waals surface area contributed by atoms with E-state index in [0.29, 0.717) is 32.1 Å². The van der Waals surface area contributed by atoms with Crippen LogP contribution in [0.5, 0.6) is 5.75 Å². The minimum absolute atomic E-state index is 0. The SMILES string of the molecule is COCCOc1ccccc1CNC(=O)C[C@@H]1CCC[C@H]1N.Cl. The fourth-order valence-electron chi connectivity index (χ4n) is 2.85. The first-order chi connectivity index (χ1) is 10.7. The van der Waals surface area contributed by atoms with Crippen molar-refractivity contribution in [3.05, 3.63) is 29.8 Å². The van der Waals surface area contributed by atoms with Gasteiger partial charge >= 0.3 is 0 Å². The zero-order valence-electron chi connectivity index (χ0n) is 13.6. The number of nitrogens with two attached hydrogens (primary N) is 1. The van der Waals surface area contributed by atoms with Crippen LogP contribution < -0.4 is 15.8 Å². The molecule has 0 radical (unpaired) electrons. The largest absolute Gasteiger partial charge is 0.491 e. The van der Waals surface area contributed by atoms with E-state index in [9.17, 15) is 4.79 Å². The normalized spacial score (nSPS) is 19.9. The molecule has 1 aromatic carbocycles. The van der Waals surface area contributed by atoms with Crippen molar-refractivity contribution < 1.29 is 14.3 Å². The highest BCUT2D eigenvalue weighted by molar-refractivity contribution is 5.85. The molecule has 6 heteroatoms. The van der Waals surface area contributed by atoms with Crippen molar-refractivity contribution in [3.8, 4) is 5.75 Å². The number of methoxy groups -OCH3 is 1. The zero-order chi connectivity index (χ0) is 15.8. The summed E-state index contributed by atoms with van der Waals surface area (Å²) in [5.41, 5.74) is 6.99. The number of hydrogen-bond acceptors (Lipinski definition) is 4. The summed E-state index contributed by atoms with van der Waals surface area (Å²) in [6.45, 7) is 1.52. The van der Waals surface area contributed by atoms with Crippen molar-refractivity contribution in [3.63, 3.8) is 0 Å². The molecule has 2 rings (SSSR count). The van der Waals surface area contributed by atoms with E-state index in [1.807, 2.05) is 24.3 Å². The second-order valence-electron chi connectivity index (χ2n) is 5.78. The lowest BCUT2D eigenvalue weighted by Gasteiger charge is -2.16. The smallest absolute Gasteiger partial charge is 0.220 e. The highest BCUT2D eigenvalue weighted by Gasteiger charge is 2.25. The third-order valence-electron chi connectivity index (χ3n) is 4.16. The summed E-state index contributed by atoms with van der Waals surface area (Å²) >= 11 is 0. The van der Waals surface area contributed by atoms with Gasteiger partial charge in [-0.3, -0.25) is 4.79 Å². The van der Waals surface area contributed by atoms with Gasteiger partial charge in [0.05, 0.1) is 6.61 Å². The maximum absolute atomic E-state index is 12.1. The topological polar surface area (TPSA) is 73.6 Å². The molecule has 0 unspecified atom stereocenters. The van der Waals surface area contributed by atoms with Crippen molar-refractivity contribution in [2.24, 2.45) is 11.7 Å². The van der Waals surface area contributed by atoms with Gasteiger partial charge in [0.25, 0.3) is 0 Å². The van der Waals surface area contributed by atoms with Crippen LogP contribution in [0.4, 0.5) is 0 Å². The minimum atomic E-state index is 0. The summed E-state index contributed by atoms with van der Waals surface area (Å²) in [6.07, 6.45) is 3.75. The molecule has 0 bridgehead atoms. The molecule has 0 aromatic heterocycles. The van der Waals surface area contributed by atoms with Gasteiger partial charge in [0.15, 0.2) is 0 Å². The van der Waals surface area contributed by atoms with Gasteiger partial charge in [-0.05, 0) is 24.8 Å². The van der Waals surface area contributed by atoms with Crippen LogP contribution in [-0.4, -0.2) is 32.3 Å². The average Bonchev–Trinajstić information content (AvgIpc) is 2.92. The summed E-state index contributed by atoms with van der Waals surface area (Å²) < 4.78 is 10.6. The molecule has 130 valence electrons. The summed E-state index contributed by atoms with van der Waals surface area (Å²) in [5, 5.41) is 2.97. The Hall–Kier alpha value is -1.30. The Bertz CT molecular complexity index is 485. The quantitative estimate of drug-likeness (QED) is 0.711. The van der Waals surface area contributed by atoms with Crippen LogP contribution in [0.2, 0.25) is 0 Å². The predicted molar refractivity (Wildman–Crippen MR) is 92.8 cm³/mol. The number of amides is 1. The van der Waals surface area contributed by atoms with E-state index >= 15 is 0 Å². The molecule has 0 saturated heterocycles. The van der Waals surface area contributed by atoms with E-state index in [1.165, 1.54) is 0 Å². The van der Waals surface area contributed by atoms with Crippen molar-refractivity contribution >= 4 is 18.3 Å². The molecule has 1 aliphatic rings. The Morgan fingerprint density at radius 1 is 1.30 bits per heavy atom. The van der Waals surface area contributed by atoms with Crippen LogP contribution in [-0.2, 0) is 16.1 Å². The molecule has 5 nitrogen and oxygen atoms in total. The Morgan fingerprint density at radius 3 is 2.78 bits per heavy atom. The van der Waals surface area contributed by atoms with E-state index in [-0.39, 0.29) is 24.4 Å². The van der Waals surface area contributed by atoms with E-state index < -0.39 is 0 Å². The molecule has 1 amide bonds. The molecule has 0 heterocycles. The predicted octanol–water partition coefficient (Wildman–Crippen LogP) is 2.27. The lowest BCUT2D eigenvalue weighted by atomic mass is 10.00. The second kappa shape index (κ2) is 10.5. The lowest BCUT2D eigenvalue weighted by Crippen LogP contribution is -2.31. The molecule has 23 heavy (non-hydrogen) atoms. The number of halogens is 1. The lowest BCUT2D eigenvalue weighted by molar-refractivity contribution is -0.122. The third kappa shape index (κ3) is 6.37. The van der Waals surface area contributed by atoms with Crippen LogP contribution >= 0.6 is 12.4 Å². The van der Waals surface area contributed by atoms with Gasteiger partial charge in [-0.2, -0.15) is 0 Å². The zero-order valence-corrected chi connectivity index (χ0v) is 14.4. The Labute approximate surface area is 144 Å². The molecule has 2 atom stereocenters. The molecular weight excluding hydrogens is 316 g/mol. The second-order valence-corrected chi connectivity index (χ2v) is 5.78. The number of carbonyl (C=O) groups excluding carboxylic acids is 1. The van der Waals surface area contributed by atoms with Crippen molar-refractivity contribution in [2.75, 3.05) is 20.3 Å². The van der Waals surface area contributed by atoms with Gasteiger partial charge < -0.3 is 20.5 Å². The monoisotopic (exact) mass is 342 g/mol. The molecular formula is C17H27ClN2O3. The van der Waals surface area contributed by atoms with Crippen molar-refractivity contribution in [1.82, 2.24) is 5.32 Å². The number of carbonyl (C=O) groups is 1. The standard InChI is InChI=1S/C17H26N2O3.ClH/c1-21-9-10-22-16-8-3-2-5-14(16)12-19-17(20)11-13-6-4-7-15(13)18;/h2-3,5,8,13,15H,4,6-7,9-12,18H2,1H3,(H,19,20);1H/t13-,15+;/m0./s1. The van der Waals surface area contributed by atoms with E-state index in [4.69, 9.17) is 15.2 Å². The molecule has 1 saturated carbocycles. The van der Waals surface area contributed by atoms with Gasteiger partial charge in [0.2, 0.25) is 5.91 Å². The fourth-order valence-corrected chi connectivity index (χ4v) is 2.85. The highest BCUT2D eigenvalue weighted by atomic mass is 35.5. The van der Waals surface area contributed by atoms with Crippen molar-refractivity contribution in [1.29, 1.82) is 0 Å². The van der Waals surface area contributed by atoms with Crippen LogP contribution in [0.15, 0.2) is 24.3 Å². The summed E-state index contributed by atoms with van der Waals surface area (Å²) in [4.78, 5) is 12.1. The maximum atomic E-state index is 12.1. The Morgan fingerprint density at radius 2 is 2.09 bits per heavy atom. The van der Waals surface area contributed by atoms with E-state index in [0.717, 1.165) is 30.6 Å². The van der Waals surface area contributed by atoms with Gasteiger partial charge in [0.1, 0.15) is 12.4 Å². The minimum Gasteiger partial charge on any atom is -0.491 e. The Kier molecular flexibility index (Phi) is 8.99. The fraction of sp³-hybridized carbons (Fsp3) is 0.588. The van der Waals surface area contributed by atoms with Gasteiger partial charge in [0, 0.05) is 31.7 Å². The summed E-state index contributed by atoms with van der Waals surface area (Å²) in [5.74, 6) is 1.18. The first kappa shape index (κ1) is 19.7. The summed E-state index contributed by atoms with van der Waals surface area (Å²) in [6, 6.07) is 7.91. The number of benzene rings is 1. The molecule has 1 fully saturated rings.